The van der Waals surface area contributed by atoms with Crippen LogP contribution in [0.1, 0.15) is 37.9 Å². The van der Waals surface area contributed by atoms with Crippen LogP contribution in [0, 0.1) is 12.3 Å². The first-order valence-corrected chi connectivity index (χ1v) is 7.68. The first kappa shape index (κ1) is 14.0. The summed E-state index contributed by atoms with van der Waals surface area (Å²) >= 11 is 1.76. The molecule has 1 aromatic rings. The molecule has 0 bridgehead atoms. The van der Waals surface area contributed by atoms with Crippen molar-refractivity contribution in [1.82, 2.24) is 10.3 Å². The fraction of sp³-hybridized carbons (Fsp3) is 0.786. The average Bonchev–Trinajstić information content (AvgIpc) is 2.73. The highest BCUT2D eigenvalue weighted by molar-refractivity contribution is 7.09. The molecule has 1 heterocycles. The van der Waals surface area contributed by atoms with Crippen LogP contribution in [-0.4, -0.2) is 30.3 Å². The van der Waals surface area contributed by atoms with E-state index in [1.165, 1.54) is 5.01 Å². The van der Waals surface area contributed by atoms with Gasteiger partial charge in [-0.15, -0.1) is 11.3 Å². The second-order valence-corrected chi connectivity index (χ2v) is 6.58. The van der Waals surface area contributed by atoms with Gasteiger partial charge < -0.3 is 10.1 Å². The Bertz CT molecular complexity index is 389. The van der Waals surface area contributed by atoms with Crippen LogP contribution < -0.4 is 5.32 Å². The van der Waals surface area contributed by atoms with E-state index in [4.69, 9.17) is 4.74 Å². The first-order valence-electron chi connectivity index (χ1n) is 6.80. The molecule has 4 heteroatoms. The molecule has 102 valence electrons. The number of hydrogen-bond donors (Lipinski definition) is 1. The van der Waals surface area contributed by atoms with Gasteiger partial charge in [-0.25, -0.2) is 4.98 Å². The third-order valence-electron chi connectivity index (χ3n) is 3.94. The smallest absolute Gasteiger partial charge is 0.0940 e. The van der Waals surface area contributed by atoms with Crippen LogP contribution in [0.15, 0.2) is 5.38 Å². The molecule has 3 nitrogen and oxygen atoms in total. The highest BCUT2D eigenvalue weighted by Gasteiger charge is 2.48. The normalized spacial score (nSPS) is 26.0. The van der Waals surface area contributed by atoms with Crippen molar-refractivity contribution in [3.8, 4) is 0 Å². The van der Waals surface area contributed by atoms with E-state index < -0.39 is 0 Å². The predicted molar refractivity (Wildman–Crippen MR) is 76.2 cm³/mol. The standard InChI is InChI=1S/C14H24N2OS/c1-5-17-12-8-11(14(12,3)4)15-7-6-13-16-10(2)9-18-13/h9,11-12,15H,5-8H2,1-4H3. The quantitative estimate of drug-likeness (QED) is 0.861. The van der Waals surface area contributed by atoms with Gasteiger partial charge in [0.15, 0.2) is 0 Å². The van der Waals surface area contributed by atoms with Crippen LogP contribution in [0.4, 0.5) is 0 Å². The molecule has 0 amide bonds. The molecular weight excluding hydrogens is 244 g/mol. The van der Waals surface area contributed by atoms with Crippen LogP contribution in [-0.2, 0) is 11.2 Å². The zero-order valence-corrected chi connectivity index (χ0v) is 12.6. The molecule has 1 aliphatic rings. The molecule has 2 unspecified atom stereocenters. The molecule has 2 atom stereocenters. The lowest BCUT2D eigenvalue weighted by Gasteiger charge is -2.52. The molecular formula is C14H24N2OS. The lowest BCUT2D eigenvalue weighted by Crippen LogP contribution is -2.61. The number of nitrogens with one attached hydrogen (secondary N) is 1. The Morgan fingerprint density at radius 2 is 2.33 bits per heavy atom. The summed E-state index contributed by atoms with van der Waals surface area (Å²) < 4.78 is 5.74. The Balaban J connectivity index is 1.72. The van der Waals surface area contributed by atoms with Crippen LogP contribution in [0.2, 0.25) is 0 Å². The molecule has 1 fully saturated rings. The van der Waals surface area contributed by atoms with Gasteiger partial charge in [0.25, 0.3) is 0 Å². The SMILES string of the molecule is CCOC1CC(NCCc2nc(C)cs2)C1(C)C. The van der Waals surface area contributed by atoms with E-state index in [1.807, 2.05) is 0 Å². The van der Waals surface area contributed by atoms with E-state index in [0.29, 0.717) is 12.1 Å². The van der Waals surface area contributed by atoms with E-state index >= 15 is 0 Å². The number of ether oxygens (including phenoxy) is 1. The highest BCUT2D eigenvalue weighted by atomic mass is 32.1. The van der Waals surface area contributed by atoms with Crippen molar-refractivity contribution in [2.75, 3.05) is 13.2 Å². The molecule has 1 aliphatic carbocycles. The van der Waals surface area contributed by atoms with Crippen molar-refractivity contribution in [2.45, 2.75) is 52.7 Å². The summed E-state index contributed by atoms with van der Waals surface area (Å²) in [6.07, 6.45) is 2.59. The molecule has 0 aliphatic heterocycles. The van der Waals surface area contributed by atoms with Gasteiger partial charge in [0, 0.05) is 42.1 Å². The summed E-state index contributed by atoms with van der Waals surface area (Å²) in [5.41, 5.74) is 1.39. The van der Waals surface area contributed by atoms with Crippen molar-refractivity contribution in [3.63, 3.8) is 0 Å². The Morgan fingerprint density at radius 3 is 2.89 bits per heavy atom. The molecule has 0 radical (unpaired) electrons. The van der Waals surface area contributed by atoms with Gasteiger partial charge >= 0.3 is 0 Å². The average molecular weight is 268 g/mol. The summed E-state index contributed by atoms with van der Waals surface area (Å²) in [6.45, 7) is 10.5. The van der Waals surface area contributed by atoms with Gasteiger partial charge in [-0.2, -0.15) is 0 Å². The second kappa shape index (κ2) is 5.68. The van der Waals surface area contributed by atoms with E-state index in [-0.39, 0.29) is 5.41 Å². The van der Waals surface area contributed by atoms with Crippen molar-refractivity contribution in [1.29, 1.82) is 0 Å². The Labute approximate surface area is 114 Å². The second-order valence-electron chi connectivity index (χ2n) is 5.64. The molecule has 1 aromatic heterocycles. The summed E-state index contributed by atoms with van der Waals surface area (Å²) in [5.74, 6) is 0. The maximum atomic E-state index is 5.74. The van der Waals surface area contributed by atoms with Gasteiger partial charge in [-0.1, -0.05) is 13.8 Å². The highest BCUT2D eigenvalue weighted by Crippen LogP contribution is 2.42. The molecule has 2 rings (SSSR count). The van der Waals surface area contributed by atoms with Gasteiger partial charge in [0.2, 0.25) is 0 Å². The zero-order chi connectivity index (χ0) is 13.2. The number of aromatic nitrogens is 1. The van der Waals surface area contributed by atoms with Crippen molar-refractivity contribution in [3.05, 3.63) is 16.1 Å². The largest absolute Gasteiger partial charge is 0.378 e. The number of rotatable bonds is 6. The van der Waals surface area contributed by atoms with Crippen LogP contribution in [0.5, 0.6) is 0 Å². The van der Waals surface area contributed by atoms with Crippen molar-refractivity contribution in [2.24, 2.45) is 5.41 Å². The molecule has 0 saturated heterocycles. The number of hydrogen-bond acceptors (Lipinski definition) is 4. The molecule has 1 N–H and O–H groups in total. The third kappa shape index (κ3) is 2.92. The molecule has 1 saturated carbocycles. The fourth-order valence-corrected chi connectivity index (χ4v) is 3.36. The lowest BCUT2D eigenvalue weighted by molar-refractivity contribution is -0.113. The number of thiazole rings is 1. The van der Waals surface area contributed by atoms with E-state index in [0.717, 1.165) is 31.7 Å². The summed E-state index contributed by atoms with van der Waals surface area (Å²) in [5, 5.41) is 7.00. The Hall–Kier alpha value is -0.450. The lowest BCUT2D eigenvalue weighted by atomic mass is 9.64. The number of nitrogens with zero attached hydrogens (tertiary/aromatic N) is 1. The maximum Gasteiger partial charge on any atom is 0.0940 e. The van der Waals surface area contributed by atoms with Gasteiger partial charge in [0.05, 0.1) is 11.1 Å². The number of aryl methyl sites for hydroxylation is 1. The van der Waals surface area contributed by atoms with Gasteiger partial charge in [-0.3, -0.25) is 0 Å². The summed E-state index contributed by atoms with van der Waals surface area (Å²) in [4.78, 5) is 4.49. The van der Waals surface area contributed by atoms with Crippen molar-refractivity contribution >= 4 is 11.3 Å². The maximum absolute atomic E-state index is 5.74. The van der Waals surface area contributed by atoms with Gasteiger partial charge in [0.1, 0.15) is 0 Å². The van der Waals surface area contributed by atoms with Crippen molar-refractivity contribution < 1.29 is 4.74 Å². The minimum atomic E-state index is 0.259. The molecule has 0 aromatic carbocycles. The van der Waals surface area contributed by atoms with Crippen LogP contribution in [0.25, 0.3) is 0 Å². The predicted octanol–water partition coefficient (Wildman–Crippen LogP) is 2.79. The Morgan fingerprint density at radius 1 is 1.56 bits per heavy atom. The Kier molecular flexibility index (Phi) is 4.41. The van der Waals surface area contributed by atoms with Crippen LogP contribution in [0.3, 0.4) is 0 Å². The van der Waals surface area contributed by atoms with E-state index in [9.17, 15) is 0 Å². The minimum absolute atomic E-state index is 0.259. The molecule has 18 heavy (non-hydrogen) atoms. The van der Waals surface area contributed by atoms with Gasteiger partial charge in [-0.05, 0) is 20.3 Å². The topological polar surface area (TPSA) is 34.1 Å². The fourth-order valence-electron chi connectivity index (χ4n) is 2.59. The third-order valence-corrected chi connectivity index (χ3v) is 4.97. The summed E-state index contributed by atoms with van der Waals surface area (Å²) in [7, 11) is 0. The first-order chi connectivity index (χ1) is 8.54. The molecule has 0 spiro atoms. The van der Waals surface area contributed by atoms with E-state index in [1.54, 1.807) is 11.3 Å². The van der Waals surface area contributed by atoms with Crippen LogP contribution >= 0.6 is 11.3 Å². The van der Waals surface area contributed by atoms with E-state index in [2.05, 4.69) is 43.4 Å². The minimum Gasteiger partial charge on any atom is -0.378 e. The zero-order valence-electron chi connectivity index (χ0n) is 11.8. The monoisotopic (exact) mass is 268 g/mol. The summed E-state index contributed by atoms with van der Waals surface area (Å²) in [6, 6.07) is 0.579.